The zero-order valence-corrected chi connectivity index (χ0v) is 38.2. The zero-order valence-electron chi connectivity index (χ0n) is 38.2. The van der Waals surface area contributed by atoms with Crippen molar-refractivity contribution < 1.29 is 28.6 Å². The Kier molecular flexibility index (Phi) is 44.2. The number of carbonyl (C=O) groups excluding carboxylic acids is 3. The first-order valence-corrected chi connectivity index (χ1v) is 23.5. The molecule has 336 valence electrons. The van der Waals surface area contributed by atoms with Crippen LogP contribution in [0, 0.1) is 0 Å². The minimum Gasteiger partial charge on any atom is -0.462 e. The van der Waals surface area contributed by atoms with E-state index in [1.54, 1.807) is 0 Å². The zero-order chi connectivity index (χ0) is 43.7. The molecule has 0 heterocycles. The highest BCUT2D eigenvalue weighted by molar-refractivity contribution is 5.71. The second kappa shape index (κ2) is 47.5. The molecule has 6 nitrogen and oxygen atoms in total. The third-order valence-corrected chi connectivity index (χ3v) is 9.19. The number of carbonyl (C=O) groups is 3. The molecule has 0 amide bonds. The Morgan fingerprint density at radius 1 is 0.333 bits per heavy atom. The fourth-order valence-corrected chi connectivity index (χ4v) is 5.77. The van der Waals surface area contributed by atoms with Gasteiger partial charge in [-0.2, -0.15) is 0 Å². The van der Waals surface area contributed by atoms with Crippen molar-refractivity contribution in [2.45, 2.75) is 187 Å². The largest absolute Gasteiger partial charge is 0.462 e. The normalized spacial score (nSPS) is 13.2. The number of hydrogen-bond donors (Lipinski definition) is 0. The lowest BCUT2D eigenvalue weighted by Gasteiger charge is -2.18. The lowest BCUT2D eigenvalue weighted by atomic mass is 10.1. The van der Waals surface area contributed by atoms with Crippen LogP contribution in [0.1, 0.15) is 181 Å². The molecule has 60 heavy (non-hydrogen) atoms. The van der Waals surface area contributed by atoms with Gasteiger partial charge >= 0.3 is 17.9 Å². The number of allylic oxidation sites excluding steroid dienone is 20. The average Bonchev–Trinajstić information content (AvgIpc) is 3.24. The van der Waals surface area contributed by atoms with Crippen LogP contribution >= 0.6 is 0 Å². The van der Waals surface area contributed by atoms with Gasteiger partial charge in [-0.25, -0.2) is 0 Å². The fourth-order valence-electron chi connectivity index (χ4n) is 5.77. The molecule has 0 aliphatic heterocycles. The lowest BCUT2D eigenvalue weighted by Crippen LogP contribution is -2.30. The first-order chi connectivity index (χ1) is 29.5. The smallest absolute Gasteiger partial charge is 0.306 e. The van der Waals surface area contributed by atoms with Gasteiger partial charge in [0.15, 0.2) is 6.10 Å². The maximum absolute atomic E-state index is 12.7. The second-order valence-electron chi connectivity index (χ2n) is 14.9. The third kappa shape index (κ3) is 44.9. The molecule has 0 aromatic carbocycles. The van der Waals surface area contributed by atoms with Crippen LogP contribution in [0.15, 0.2) is 122 Å². The molecule has 0 aromatic heterocycles. The van der Waals surface area contributed by atoms with Crippen LogP contribution < -0.4 is 0 Å². The molecule has 0 bridgehead atoms. The third-order valence-electron chi connectivity index (χ3n) is 9.19. The van der Waals surface area contributed by atoms with Gasteiger partial charge in [0.2, 0.25) is 0 Å². The van der Waals surface area contributed by atoms with Gasteiger partial charge in [-0.3, -0.25) is 14.4 Å². The summed E-state index contributed by atoms with van der Waals surface area (Å²) in [6.07, 6.45) is 64.8. The van der Waals surface area contributed by atoms with Crippen LogP contribution in [-0.4, -0.2) is 37.2 Å². The molecule has 0 aliphatic rings. The predicted molar refractivity (Wildman–Crippen MR) is 256 cm³/mol. The summed E-state index contributed by atoms with van der Waals surface area (Å²) in [5.41, 5.74) is 0. The maximum atomic E-state index is 12.7. The van der Waals surface area contributed by atoms with E-state index in [4.69, 9.17) is 14.2 Å². The fraction of sp³-hybridized carbons (Fsp3) is 0.574. The Balaban J connectivity index is 4.56. The molecule has 0 radical (unpaired) electrons. The van der Waals surface area contributed by atoms with E-state index >= 15 is 0 Å². The van der Waals surface area contributed by atoms with Gasteiger partial charge in [-0.05, 0) is 109 Å². The maximum Gasteiger partial charge on any atom is 0.306 e. The Hall–Kier alpha value is -4.19. The minimum absolute atomic E-state index is 0.129. The predicted octanol–water partition coefficient (Wildman–Crippen LogP) is 15.4. The summed E-state index contributed by atoms with van der Waals surface area (Å²) >= 11 is 0. The van der Waals surface area contributed by atoms with Crippen molar-refractivity contribution in [2.24, 2.45) is 0 Å². The standard InChI is InChI=1S/C54H84O6/c1-4-7-10-13-16-19-22-24-26-27-28-30-32-35-38-41-44-47-53(56)59-50-51(49-58-52(55)46-43-40-37-34-31-21-18-15-12-9-6-3)60-54(57)48-45-42-39-36-33-29-25-23-20-17-14-11-8-5-2/h7-12,16-21,24,26,28,30,34-35,37-38,51H,4-6,13-15,22-23,25,27,29,31-33,36,39-50H2,1-3H3/b10-7-,11-8-,12-9-,19-16-,20-17-,21-18-,26-24-,30-28-,37-34-,38-35-. The molecule has 0 fully saturated rings. The summed E-state index contributed by atoms with van der Waals surface area (Å²) in [7, 11) is 0. The molecule has 0 aliphatic carbocycles. The van der Waals surface area contributed by atoms with Gasteiger partial charge < -0.3 is 14.2 Å². The van der Waals surface area contributed by atoms with Crippen LogP contribution in [0.4, 0.5) is 0 Å². The molecule has 0 spiro atoms. The SMILES string of the molecule is CC/C=C\C/C=C\C/C=C\C/C=C\C/C=C\CCCC(=O)OCC(COC(=O)CCC/C=C\C/C=C\C/C=C\CC)OC(=O)CCCCCCCCC/C=C\C/C=C\CC. The monoisotopic (exact) mass is 829 g/mol. The van der Waals surface area contributed by atoms with E-state index in [1.807, 2.05) is 0 Å². The van der Waals surface area contributed by atoms with Crippen molar-refractivity contribution in [1.29, 1.82) is 0 Å². The number of ether oxygens (including phenoxy) is 3. The van der Waals surface area contributed by atoms with Crippen molar-refractivity contribution in [3.8, 4) is 0 Å². The molecule has 0 saturated carbocycles. The van der Waals surface area contributed by atoms with Crippen molar-refractivity contribution in [2.75, 3.05) is 13.2 Å². The minimum atomic E-state index is -0.827. The quantitative estimate of drug-likeness (QED) is 0.0265. The Morgan fingerprint density at radius 2 is 0.617 bits per heavy atom. The summed E-state index contributed by atoms with van der Waals surface area (Å²) in [5.74, 6) is -1.06. The number of esters is 3. The Morgan fingerprint density at radius 3 is 0.983 bits per heavy atom. The van der Waals surface area contributed by atoms with Gasteiger partial charge in [0.25, 0.3) is 0 Å². The first kappa shape index (κ1) is 55.8. The molecule has 1 atom stereocenters. The van der Waals surface area contributed by atoms with Crippen LogP contribution in [-0.2, 0) is 28.6 Å². The molecule has 0 rings (SSSR count). The molecule has 0 aromatic rings. The highest BCUT2D eigenvalue weighted by Gasteiger charge is 2.19. The topological polar surface area (TPSA) is 78.9 Å². The number of hydrogen-bond acceptors (Lipinski definition) is 6. The first-order valence-electron chi connectivity index (χ1n) is 23.5. The van der Waals surface area contributed by atoms with Crippen molar-refractivity contribution in [3.63, 3.8) is 0 Å². The molecule has 0 N–H and O–H groups in total. The van der Waals surface area contributed by atoms with Gasteiger partial charge in [0, 0.05) is 19.3 Å². The van der Waals surface area contributed by atoms with Crippen molar-refractivity contribution >= 4 is 17.9 Å². The summed E-state index contributed by atoms with van der Waals surface area (Å²) in [6, 6.07) is 0. The van der Waals surface area contributed by atoms with E-state index in [1.165, 1.54) is 19.3 Å². The summed E-state index contributed by atoms with van der Waals surface area (Å²) < 4.78 is 16.6. The van der Waals surface area contributed by atoms with Crippen LogP contribution in [0.3, 0.4) is 0 Å². The second-order valence-corrected chi connectivity index (χ2v) is 14.9. The molecule has 6 heteroatoms. The molecular weight excluding hydrogens is 745 g/mol. The number of rotatable bonds is 40. The molecule has 0 saturated heterocycles. The summed E-state index contributed by atoms with van der Waals surface area (Å²) in [6.45, 7) is 6.16. The lowest BCUT2D eigenvalue weighted by molar-refractivity contribution is -0.167. The highest BCUT2D eigenvalue weighted by Crippen LogP contribution is 2.12. The van der Waals surface area contributed by atoms with E-state index in [2.05, 4.69) is 142 Å². The summed E-state index contributed by atoms with van der Waals surface area (Å²) in [4.78, 5) is 37.8. The van der Waals surface area contributed by atoms with E-state index in [9.17, 15) is 14.4 Å². The highest BCUT2D eigenvalue weighted by atomic mass is 16.6. The van der Waals surface area contributed by atoms with Gasteiger partial charge in [-0.1, -0.05) is 174 Å². The van der Waals surface area contributed by atoms with E-state index in [-0.39, 0.29) is 44.0 Å². The van der Waals surface area contributed by atoms with Gasteiger partial charge in [0.05, 0.1) is 0 Å². The van der Waals surface area contributed by atoms with Gasteiger partial charge in [-0.15, -0.1) is 0 Å². The average molecular weight is 829 g/mol. The number of unbranched alkanes of at least 4 members (excludes halogenated alkanes) is 9. The Labute approximate surface area is 367 Å². The van der Waals surface area contributed by atoms with Crippen molar-refractivity contribution in [1.82, 2.24) is 0 Å². The van der Waals surface area contributed by atoms with Crippen LogP contribution in [0.25, 0.3) is 0 Å². The molecular formula is C54H84O6. The molecule has 1 unspecified atom stereocenters. The summed E-state index contributed by atoms with van der Waals surface area (Å²) in [5, 5.41) is 0. The van der Waals surface area contributed by atoms with Crippen LogP contribution in [0.2, 0.25) is 0 Å². The van der Waals surface area contributed by atoms with E-state index in [0.29, 0.717) is 19.3 Å². The van der Waals surface area contributed by atoms with Crippen LogP contribution in [0.5, 0.6) is 0 Å². The van der Waals surface area contributed by atoms with Gasteiger partial charge in [0.1, 0.15) is 13.2 Å². The van der Waals surface area contributed by atoms with Crippen molar-refractivity contribution in [3.05, 3.63) is 122 Å². The van der Waals surface area contributed by atoms with E-state index in [0.717, 1.165) is 109 Å². The van der Waals surface area contributed by atoms with E-state index < -0.39 is 6.10 Å². The Bertz CT molecular complexity index is 1320.